The Morgan fingerprint density at radius 2 is 2.26 bits per heavy atom. The van der Waals surface area contributed by atoms with Gasteiger partial charge in [0.25, 0.3) is 5.91 Å². The third-order valence-corrected chi connectivity index (χ3v) is 4.22. The predicted molar refractivity (Wildman–Crippen MR) is 73.9 cm³/mol. The topological polar surface area (TPSA) is 36.3 Å². The minimum absolute atomic E-state index is 0.0950. The van der Waals surface area contributed by atoms with Gasteiger partial charge in [0, 0.05) is 30.0 Å². The average molecular weight is 276 g/mol. The van der Waals surface area contributed by atoms with Crippen molar-refractivity contribution in [2.24, 2.45) is 0 Å². The maximum atomic E-state index is 5.99. The molecular formula is C14H16N2O2S. The maximum absolute atomic E-state index is 5.99. The van der Waals surface area contributed by atoms with Gasteiger partial charge in [-0.3, -0.25) is 4.57 Å². The van der Waals surface area contributed by atoms with E-state index in [4.69, 9.17) is 9.47 Å². The summed E-state index contributed by atoms with van der Waals surface area (Å²) in [6, 6.07) is 10.3. The van der Waals surface area contributed by atoms with E-state index >= 15 is 0 Å². The van der Waals surface area contributed by atoms with Gasteiger partial charge < -0.3 is 9.47 Å². The third-order valence-electron chi connectivity index (χ3n) is 3.07. The highest BCUT2D eigenvalue weighted by Crippen LogP contribution is 2.31. The summed E-state index contributed by atoms with van der Waals surface area (Å²) in [5.41, 5.74) is 0. The molecule has 19 heavy (non-hydrogen) atoms. The molecule has 1 saturated heterocycles. The highest BCUT2D eigenvalue weighted by atomic mass is 32.2. The van der Waals surface area contributed by atoms with Gasteiger partial charge in [0.05, 0.1) is 19.0 Å². The lowest BCUT2D eigenvalue weighted by Crippen LogP contribution is -2.31. The number of thioether (sulfide) groups is 1. The average Bonchev–Trinajstić information content (AvgIpc) is 3.08. The van der Waals surface area contributed by atoms with Gasteiger partial charge in [-0.2, -0.15) is 0 Å². The molecular weight excluding hydrogens is 260 g/mol. The molecule has 0 amide bonds. The quantitative estimate of drug-likeness (QED) is 0.805. The Balaban J connectivity index is 1.58. The lowest BCUT2D eigenvalue weighted by atomic mass is 10.4. The molecule has 0 N–H and O–H groups in total. The van der Waals surface area contributed by atoms with Crippen LogP contribution in [0.4, 0.5) is 0 Å². The van der Waals surface area contributed by atoms with Gasteiger partial charge in [-0.15, -0.1) is 11.8 Å². The molecule has 5 heteroatoms. The second kappa shape index (κ2) is 5.36. The fourth-order valence-corrected chi connectivity index (χ4v) is 2.94. The lowest BCUT2D eigenvalue weighted by Gasteiger charge is -2.24. The molecule has 2 atom stereocenters. The summed E-state index contributed by atoms with van der Waals surface area (Å²) in [6.07, 6.45) is 5.39. The minimum atomic E-state index is -0.724. The van der Waals surface area contributed by atoms with Gasteiger partial charge in [-0.05, 0) is 12.1 Å². The summed E-state index contributed by atoms with van der Waals surface area (Å²) < 4.78 is 13.6. The smallest absolute Gasteiger partial charge is 0.253 e. The largest absolute Gasteiger partial charge is 0.330 e. The number of rotatable bonds is 4. The lowest BCUT2D eigenvalue weighted by molar-refractivity contribution is -0.216. The van der Waals surface area contributed by atoms with Crippen molar-refractivity contribution in [3.63, 3.8) is 0 Å². The van der Waals surface area contributed by atoms with Crippen molar-refractivity contribution in [1.82, 2.24) is 9.55 Å². The summed E-state index contributed by atoms with van der Waals surface area (Å²) >= 11 is 1.79. The van der Waals surface area contributed by atoms with Crippen molar-refractivity contribution >= 4 is 11.8 Å². The zero-order valence-corrected chi connectivity index (χ0v) is 11.5. The SMILES string of the molecule is CC1(n2ccnc2)OCC(CSc2ccccc2)O1. The highest BCUT2D eigenvalue weighted by molar-refractivity contribution is 7.99. The van der Waals surface area contributed by atoms with Crippen molar-refractivity contribution in [1.29, 1.82) is 0 Å². The van der Waals surface area contributed by atoms with Crippen LogP contribution in [0.25, 0.3) is 0 Å². The van der Waals surface area contributed by atoms with Crippen molar-refractivity contribution in [2.45, 2.75) is 23.8 Å². The van der Waals surface area contributed by atoms with E-state index in [0.717, 1.165) is 5.75 Å². The summed E-state index contributed by atoms with van der Waals surface area (Å²) in [6.45, 7) is 2.52. The van der Waals surface area contributed by atoms with Crippen LogP contribution in [0.1, 0.15) is 6.92 Å². The van der Waals surface area contributed by atoms with Crippen LogP contribution >= 0.6 is 11.8 Å². The monoisotopic (exact) mass is 276 g/mol. The van der Waals surface area contributed by atoms with Crippen molar-refractivity contribution < 1.29 is 9.47 Å². The Hall–Kier alpha value is -1.30. The van der Waals surface area contributed by atoms with Gasteiger partial charge in [-0.1, -0.05) is 18.2 Å². The molecule has 2 unspecified atom stereocenters. The van der Waals surface area contributed by atoms with Crippen LogP contribution in [0.15, 0.2) is 53.9 Å². The summed E-state index contributed by atoms with van der Waals surface area (Å²) in [5.74, 6) is 0.159. The number of aromatic nitrogens is 2. The predicted octanol–water partition coefficient (Wildman–Crippen LogP) is 2.72. The van der Waals surface area contributed by atoms with Crippen LogP contribution < -0.4 is 0 Å². The van der Waals surface area contributed by atoms with Gasteiger partial charge in [-0.25, -0.2) is 4.98 Å². The van der Waals surface area contributed by atoms with Crippen molar-refractivity contribution in [2.75, 3.05) is 12.4 Å². The second-order valence-corrected chi connectivity index (χ2v) is 5.64. The van der Waals surface area contributed by atoms with Crippen LogP contribution in [-0.2, 0) is 15.4 Å². The molecule has 0 spiro atoms. The zero-order valence-electron chi connectivity index (χ0n) is 10.7. The zero-order chi connectivity index (χ0) is 13.1. The number of nitrogens with zero attached hydrogens (tertiary/aromatic N) is 2. The third kappa shape index (κ3) is 2.83. The molecule has 1 aromatic heterocycles. The molecule has 0 radical (unpaired) electrons. The molecule has 0 bridgehead atoms. The molecule has 2 aromatic rings. The molecule has 3 rings (SSSR count). The molecule has 4 nitrogen and oxygen atoms in total. The number of hydrogen-bond acceptors (Lipinski definition) is 4. The first-order valence-electron chi connectivity index (χ1n) is 6.24. The molecule has 1 fully saturated rings. The first-order chi connectivity index (χ1) is 9.26. The molecule has 0 aliphatic carbocycles. The van der Waals surface area contributed by atoms with Crippen LogP contribution in [0.5, 0.6) is 0 Å². The maximum Gasteiger partial charge on any atom is 0.253 e. The molecule has 1 aliphatic heterocycles. The van der Waals surface area contributed by atoms with E-state index < -0.39 is 5.91 Å². The Morgan fingerprint density at radius 1 is 1.42 bits per heavy atom. The Morgan fingerprint density at radius 3 is 3.00 bits per heavy atom. The van der Waals surface area contributed by atoms with Gasteiger partial charge in [0.15, 0.2) is 0 Å². The molecule has 1 aromatic carbocycles. The molecule has 100 valence electrons. The first kappa shape index (κ1) is 12.7. The van der Waals surface area contributed by atoms with Gasteiger partial charge in [0.1, 0.15) is 0 Å². The van der Waals surface area contributed by atoms with E-state index in [9.17, 15) is 0 Å². The second-order valence-electron chi connectivity index (χ2n) is 4.54. The first-order valence-corrected chi connectivity index (χ1v) is 7.23. The molecule has 1 aliphatic rings. The fraction of sp³-hybridized carbons (Fsp3) is 0.357. The van der Waals surface area contributed by atoms with Crippen LogP contribution in [-0.4, -0.2) is 28.0 Å². The van der Waals surface area contributed by atoms with Crippen LogP contribution in [0.3, 0.4) is 0 Å². The number of benzene rings is 1. The molecule has 0 saturated carbocycles. The highest BCUT2D eigenvalue weighted by Gasteiger charge is 2.38. The number of hydrogen-bond donors (Lipinski definition) is 0. The molecule has 2 heterocycles. The summed E-state index contributed by atoms with van der Waals surface area (Å²) in [7, 11) is 0. The van der Waals surface area contributed by atoms with Crippen LogP contribution in [0, 0.1) is 0 Å². The summed E-state index contributed by atoms with van der Waals surface area (Å²) in [5, 5.41) is 0. The number of ether oxygens (including phenoxy) is 2. The fourth-order valence-electron chi connectivity index (χ4n) is 2.05. The van der Waals surface area contributed by atoms with Gasteiger partial charge in [0.2, 0.25) is 0 Å². The summed E-state index contributed by atoms with van der Waals surface area (Å²) in [4.78, 5) is 5.28. The Kier molecular flexibility index (Phi) is 3.59. The van der Waals surface area contributed by atoms with Crippen molar-refractivity contribution in [3.8, 4) is 0 Å². The van der Waals surface area contributed by atoms with E-state index in [1.54, 1.807) is 24.3 Å². The minimum Gasteiger partial charge on any atom is -0.330 e. The van der Waals surface area contributed by atoms with E-state index in [1.807, 2.05) is 35.9 Å². The van der Waals surface area contributed by atoms with Crippen molar-refractivity contribution in [3.05, 3.63) is 49.1 Å². The van der Waals surface area contributed by atoms with E-state index in [-0.39, 0.29) is 6.10 Å². The van der Waals surface area contributed by atoms with E-state index in [1.165, 1.54) is 4.90 Å². The van der Waals surface area contributed by atoms with Gasteiger partial charge >= 0.3 is 0 Å². The van der Waals surface area contributed by atoms with E-state index in [2.05, 4.69) is 17.1 Å². The standard InChI is InChI=1S/C14H16N2O2S/c1-14(16-8-7-15-11-16)17-9-12(18-14)10-19-13-5-3-2-4-6-13/h2-8,11-12H,9-10H2,1H3. The Bertz CT molecular complexity index is 518. The van der Waals surface area contributed by atoms with E-state index in [0.29, 0.717) is 6.61 Å². The Labute approximate surface area is 116 Å². The van der Waals surface area contributed by atoms with Crippen LogP contribution in [0.2, 0.25) is 0 Å². The normalized spacial score (nSPS) is 26.7. The number of imidazole rings is 1.